The average Bonchev–Trinajstić information content (AvgIpc) is 2.46. The van der Waals surface area contributed by atoms with E-state index in [0.717, 1.165) is 6.42 Å². The van der Waals surface area contributed by atoms with Crippen LogP contribution in [0.3, 0.4) is 0 Å². The van der Waals surface area contributed by atoms with Crippen LogP contribution in [0.5, 0.6) is 0 Å². The van der Waals surface area contributed by atoms with Gasteiger partial charge in [-0.15, -0.1) is 0 Å². The Morgan fingerprint density at radius 2 is 2.05 bits per heavy atom. The molecule has 6 nitrogen and oxygen atoms in total. The number of ether oxygens (including phenoxy) is 3. The number of amides is 1. The van der Waals surface area contributed by atoms with E-state index in [1.165, 1.54) is 0 Å². The monoisotopic (exact) mass is 304 g/mol. The Morgan fingerprint density at radius 3 is 2.65 bits per heavy atom. The second-order valence-electron chi connectivity index (χ2n) is 4.77. The molecular weight excluding hydrogens is 280 g/mol. The summed E-state index contributed by atoms with van der Waals surface area (Å²) in [5.74, 6) is -0.0924. The van der Waals surface area contributed by atoms with Crippen LogP contribution in [0.4, 0.5) is 0 Å². The maximum absolute atomic E-state index is 12.3. The van der Waals surface area contributed by atoms with E-state index in [4.69, 9.17) is 32.2 Å². The van der Waals surface area contributed by atoms with Gasteiger partial charge in [-0.3, -0.25) is 4.79 Å². The third-order valence-corrected chi connectivity index (χ3v) is 3.83. The van der Waals surface area contributed by atoms with Gasteiger partial charge in [-0.1, -0.05) is 12.2 Å². The molecular formula is C13H24N2O4S. The van der Waals surface area contributed by atoms with Gasteiger partial charge in [-0.05, 0) is 19.3 Å². The summed E-state index contributed by atoms with van der Waals surface area (Å²) >= 11 is 5.08. The lowest BCUT2D eigenvalue weighted by molar-refractivity contribution is -0.131. The number of nitrogens with two attached hydrogens (primary N) is 1. The van der Waals surface area contributed by atoms with Crippen molar-refractivity contribution >= 4 is 23.1 Å². The molecule has 1 aliphatic rings. The van der Waals surface area contributed by atoms with Crippen LogP contribution in [0.2, 0.25) is 0 Å². The fraction of sp³-hybridized carbons (Fsp3) is 0.846. The van der Waals surface area contributed by atoms with Crippen molar-refractivity contribution in [3.05, 3.63) is 0 Å². The summed E-state index contributed by atoms with van der Waals surface area (Å²) in [4.78, 5) is 12.6. The van der Waals surface area contributed by atoms with E-state index >= 15 is 0 Å². The second-order valence-corrected chi connectivity index (χ2v) is 5.21. The minimum atomic E-state index is -0.746. The number of carbonyl (C=O) groups excluding carboxylic acids is 1. The summed E-state index contributed by atoms with van der Waals surface area (Å²) in [6, 6.07) is 0. The maximum Gasteiger partial charge on any atom is 0.233 e. The molecule has 20 heavy (non-hydrogen) atoms. The lowest BCUT2D eigenvalue weighted by Gasteiger charge is -2.34. The van der Waals surface area contributed by atoms with Gasteiger partial charge in [-0.2, -0.15) is 0 Å². The van der Waals surface area contributed by atoms with Crippen molar-refractivity contribution in [1.82, 2.24) is 5.32 Å². The van der Waals surface area contributed by atoms with Gasteiger partial charge < -0.3 is 25.3 Å². The highest BCUT2D eigenvalue weighted by molar-refractivity contribution is 7.80. The van der Waals surface area contributed by atoms with Crippen LogP contribution >= 0.6 is 12.2 Å². The van der Waals surface area contributed by atoms with E-state index in [1.54, 1.807) is 7.11 Å². The molecule has 7 heteroatoms. The SMILES string of the molecule is COCCOCCCNC(=O)C1(C(N)=S)CCOCC1. The lowest BCUT2D eigenvalue weighted by atomic mass is 9.79. The van der Waals surface area contributed by atoms with Crippen LogP contribution in [0.25, 0.3) is 0 Å². The summed E-state index contributed by atoms with van der Waals surface area (Å²) in [5, 5.41) is 2.89. The zero-order chi connectivity index (χ0) is 14.8. The van der Waals surface area contributed by atoms with Crippen molar-refractivity contribution < 1.29 is 19.0 Å². The van der Waals surface area contributed by atoms with Gasteiger partial charge in [0.1, 0.15) is 5.41 Å². The fourth-order valence-corrected chi connectivity index (χ4v) is 2.39. The van der Waals surface area contributed by atoms with Crippen molar-refractivity contribution in [1.29, 1.82) is 0 Å². The summed E-state index contributed by atoms with van der Waals surface area (Å²) < 4.78 is 15.5. The molecule has 1 saturated heterocycles. The quantitative estimate of drug-likeness (QED) is 0.469. The average molecular weight is 304 g/mol. The molecule has 3 N–H and O–H groups in total. The summed E-state index contributed by atoms with van der Waals surface area (Å²) in [5.41, 5.74) is 5.02. The summed E-state index contributed by atoms with van der Waals surface area (Å²) in [7, 11) is 1.63. The Balaban J connectivity index is 2.27. The first-order chi connectivity index (χ1) is 9.63. The lowest BCUT2D eigenvalue weighted by Crippen LogP contribution is -2.52. The van der Waals surface area contributed by atoms with Gasteiger partial charge in [0.2, 0.25) is 5.91 Å². The van der Waals surface area contributed by atoms with E-state index in [1.807, 2.05) is 0 Å². The Hall–Kier alpha value is -0.760. The van der Waals surface area contributed by atoms with Crippen molar-refractivity contribution in [3.63, 3.8) is 0 Å². The normalized spacial score (nSPS) is 17.6. The molecule has 0 bridgehead atoms. The first-order valence-electron chi connectivity index (χ1n) is 6.86. The largest absolute Gasteiger partial charge is 0.392 e. The van der Waals surface area contributed by atoms with Crippen LogP contribution in [-0.4, -0.2) is 57.6 Å². The number of thiocarbonyl (C=S) groups is 1. The first-order valence-corrected chi connectivity index (χ1v) is 7.27. The van der Waals surface area contributed by atoms with Gasteiger partial charge in [0, 0.05) is 33.5 Å². The van der Waals surface area contributed by atoms with Crippen molar-refractivity contribution in [2.24, 2.45) is 11.1 Å². The molecule has 1 rings (SSSR count). The number of rotatable bonds is 9. The minimum Gasteiger partial charge on any atom is -0.392 e. The Kier molecular flexibility index (Phi) is 7.98. The second kappa shape index (κ2) is 9.23. The summed E-state index contributed by atoms with van der Waals surface area (Å²) in [6.45, 7) is 3.33. The number of hydrogen-bond acceptors (Lipinski definition) is 5. The highest BCUT2D eigenvalue weighted by Crippen LogP contribution is 2.31. The third kappa shape index (κ3) is 4.97. The predicted octanol–water partition coefficient (Wildman–Crippen LogP) is 0.239. The van der Waals surface area contributed by atoms with Gasteiger partial charge >= 0.3 is 0 Å². The first kappa shape index (κ1) is 17.3. The fourth-order valence-electron chi connectivity index (χ4n) is 2.09. The number of carbonyl (C=O) groups is 1. The number of hydrogen-bond donors (Lipinski definition) is 2. The van der Waals surface area contributed by atoms with Gasteiger partial charge in [0.25, 0.3) is 0 Å². The number of nitrogens with one attached hydrogen (secondary N) is 1. The van der Waals surface area contributed by atoms with E-state index in [-0.39, 0.29) is 10.9 Å². The van der Waals surface area contributed by atoms with Crippen LogP contribution < -0.4 is 11.1 Å². The zero-order valence-corrected chi connectivity index (χ0v) is 12.8. The molecule has 0 aromatic heterocycles. The molecule has 0 aromatic rings. The molecule has 0 spiro atoms. The Bertz CT molecular complexity index is 319. The predicted molar refractivity (Wildman–Crippen MR) is 79.6 cm³/mol. The number of methoxy groups -OCH3 is 1. The molecule has 0 aromatic carbocycles. The molecule has 0 unspecified atom stereocenters. The Morgan fingerprint density at radius 1 is 1.35 bits per heavy atom. The highest BCUT2D eigenvalue weighted by Gasteiger charge is 2.42. The van der Waals surface area contributed by atoms with Crippen LogP contribution in [-0.2, 0) is 19.0 Å². The molecule has 1 aliphatic heterocycles. The van der Waals surface area contributed by atoms with Crippen molar-refractivity contribution in [2.75, 3.05) is 46.7 Å². The third-order valence-electron chi connectivity index (χ3n) is 3.44. The highest BCUT2D eigenvalue weighted by atomic mass is 32.1. The maximum atomic E-state index is 12.3. The van der Waals surface area contributed by atoms with Crippen LogP contribution in [0.1, 0.15) is 19.3 Å². The van der Waals surface area contributed by atoms with Crippen molar-refractivity contribution in [3.8, 4) is 0 Å². The van der Waals surface area contributed by atoms with Crippen LogP contribution in [0.15, 0.2) is 0 Å². The van der Waals surface area contributed by atoms with E-state index < -0.39 is 5.41 Å². The van der Waals surface area contributed by atoms with Gasteiger partial charge in [0.05, 0.1) is 18.2 Å². The molecule has 1 amide bonds. The topological polar surface area (TPSA) is 82.8 Å². The standard InChI is InChI=1S/C13H24N2O4S/c1-17-9-10-18-6-2-5-15-12(16)13(11(14)20)3-7-19-8-4-13/h2-10H2,1H3,(H2,14,20)(H,15,16). The van der Waals surface area contributed by atoms with Gasteiger partial charge in [0.15, 0.2) is 0 Å². The molecule has 0 atom stereocenters. The minimum absolute atomic E-state index is 0.0924. The summed E-state index contributed by atoms with van der Waals surface area (Å²) in [6.07, 6.45) is 1.86. The van der Waals surface area contributed by atoms with E-state index in [0.29, 0.717) is 52.4 Å². The van der Waals surface area contributed by atoms with E-state index in [2.05, 4.69) is 5.32 Å². The molecule has 1 heterocycles. The van der Waals surface area contributed by atoms with Gasteiger partial charge in [-0.25, -0.2) is 0 Å². The van der Waals surface area contributed by atoms with E-state index in [9.17, 15) is 4.79 Å². The molecule has 1 fully saturated rings. The van der Waals surface area contributed by atoms with Crippen LogP contribution in [0, 0.1) is 5.41 Å². The Labute approximate surface area is 125 Å². The smallest absolute Gasteiger partial charge is 0.233 e. The molecule has 0 saturated carbocycles. The molecule has 116 valence electrons. The zero-order valence-electron chi connectivity index (χ0n) is 12.0. The van der Waals surface area contributed by atoms with Crippen molar-refractivity contribution in [2.45, 2.75) is 19.3 Å². The molecule has 0 aliphatic carbocycles. The molecule has 0 radical (unpaired) electrons.